The minimum Gasteiger partial charge on any atom is -0.482 e. The Hall–Kier alpha value is -3.08. The molecule has 0 aliphatic heterocycles. The molecule has 0 bridgehead atoms. The van der Waals surface area contributed by atoms with Gasteiger partial charge < -0.3 is 10.1 Å². The van der Waals surface area contributed by atoms with Gasteiger partial charge in [-0.15, -0.1) is 0 Å². The van der Waals surface area contributed by atoms with Crippen LogP contribution in [0.1, 0.15) is 26.3 Å². The smallest absolute Gasteiger partial charge is 0.276 e. The second-order valence-corrected chi connectivity index (χ2v) is 5.36. The third-order valence-electron chi connectivity index (χ3n) is 3.00. The van der Waals surface area contributed by atoms with E-state index in [0.29, 0.717) is 5.56 Å². The van der Waals surface area contributed by atoms with Crippen LogP contribution in [-0.4, -0.2) is 30.4 Å². The van der Waals surface area contributed by atoms with Crippen molar-refractivity contribution >= 4 is 17.7 Å². The highest BCUT2D eigenvalue weighted by Gasteiger charge is 2.23. The number of hydrazine groups is 1. The molecule has 0 radical (unpaired) electrons. The van der Waals surface area contributed by atoms with Gasteiger partial charge in [0.1, 0.15) is 17.9 Å². The molecule has 0 spiro atoms. The topological polar surface area (TPSA) is 120 Å². The summed E-state index contributed by atoms with van der Waals surface area (Å²) in [7, 11) is 0. The summed E-state index contributed by atoms with van der Waals surface area (Å²) in [5, 5.41) is 11.4. The van der Waals surface area contributed by atoms with Gasteiger partial charge in [-0.3, -0.25) is 25.2 Å². The predicted molar refractivity (Wildman–Crippen MR) is 85.4 cm³/mol. The van der Waals surface area contributed by atoms with E-state index in [1.165, 1.54) is 6.92 Å². The summed E-state index contributed by atoms with van der Waals surface area (Å²) < 4.78 is 5.24. The first-order valence-corrected chi connectivity index (χ1v) is 7.33. The van der Waals surface area contributed by atoms with Crippen molar-refractivity contribution < 1.29 is 19.1 Å². The molecule has 0 saturated carbocycles. The molecule has 24 heavy (non-hydrogen) atoms. The Morgan fingerprint density at radius 2 is 1.88 bits per heavy atom. The number of hydrogen-bond donors (Lipinski definition) is 3. The van der Waals surface area contributed by atoms with E-state index in [-0.39, 0.29) is 24.2 Å². The van der Waals surface area contributed by atoms with Gasteiger partial charge in [0.25, 0.3) is 11.8 Å². The molecule has 8 heteroatoms. The van der Waals surface area contributed by atoms with Crippen LogP contribution >= 0.6 is 0 Å². The third-order valence-corrected chi connectivity index (χ3v) is 3.00. The number of benzene rings is 1. The second-order valence-electron chi connectivity index (χ2n) is 5.36. The van der Waals surface area contributed by atoms with Crippen molar-refractivity contribution in [2.75, 3.05) is 6.61 Å². The number of para-hydroxylation sites is 1. The Morgan fingerprint density at radius 1 is 1.21 bits per heavy atom. The van der Waals surface area contributed by atoms with Gasteiger partial charge in [0.2, 0.25) is 5.91 Å². The molecule has 1 aromatic rings. The molecule has 0 aliphatic carbocycles. The Morgan fingerprint density at radius 3 is 2.46 bits per heavy atom. The van der Waals surface area contributed by atoms with Gasteiger partial charge in [-0.25, -0.2) is 0 Å². The standard InChI is InChI=1S/C16H20N4O4/c1-10(2)15(18-11(3)21)16(23)20-19-14(22)9-24-13-7-5-4-6-12(13)8-17/h4-7,10,15H,9H2,1-3H3,(H,18,21)(H,19,22)(H,20,23). The Kier molecular flexibility index (Phi) is 7.23. The summed E-state index contributed by atoms with van der Waals surface area (Å²) in [6, 6.07) is 7.68. The highest BCUT2D eigenvalue weighted by atomic mass is 16.5. The molecule has 0 heterocycles. The van der Waals surface area contributed by atoms with Gasteiger partial charge in [-0.05, 0) is 18.1 Å². The maximum atomic E-state index is 12.0. The number of amides is 3. The molecule has 8 nitrogen and oxygen atoms in total. The summed E-state index contributed by atoms with van der Waals surface area (Å²) in [5.74, 6) is -1.34. The maximum Gasteiger partial charge on any atom is 0.276 e. The normalized spacial score (nSPS) is 11.1. The largest absolute Gasteiger partial charge is 0.482 e. The Bertz CT molecular complexity index is 652. The number of nitrogens with one attached hydrogen (secondary N) is 3. The predicted octanol–water partition coefficient (Wildman–Crippen LogP) is 0.245. The van der Waals surface area contributed by atoms with E-state index in [4.69, 9.17) is 10.00 Å². The Labute approximate surface area is 140 Å². The van der Waals surface area contributed by atoms with Crippen LogP contribution < -0.4 is 20.9 Å². The van der Waals surface area contributed by atoms with E-state index in [1.54, 1.807) is 38.1 Å². The summed E-state index contributed by atoms with van der Waals surface area (Å²) in [5.41, 5.74) is 4.74. The van der Waals surface area contributed by atoms with Gasteiger partial charge in [0.05, 0.1) is 5.56 Å². The number of hydrogen-bond acceptors (Lipinski definition) is 5. The molecular weight excluding hydrogens is 312 g/mol. The summed E-state index contributed by atoms with van der Waals surface area (Å²) >= 11 is 0. The fraction of sp³-hybridized carbons (Fsp3) is 0.375. The molecule has 1 atom stereocenters. The summed E-state index contributed by atoms with van der Waals surface area (Å²) in [4.78, 5) is 34.8. The van der Waals surface area contributed by atoms with Gasteiger partial charge in [-0.1, -0.05) is 26.0 Å². The molecule has 0 fully saturated rings. The quantitative estimate of drug-likeness (QED) is 0.645. The van der Waals surface area contributed by atoms with E-state index in [0.717, 1.165) is 0 Å². The second kappa shape index (κ2) is 9.15. The number of ether oxygens (including phenoxy) is 1. The van der Waals surface area contributed by atoms with Gasteiger partial charge >= 0.3 is 0 Å². The third kappa shape index (κ3) is 5.96. The zero-order valence-corrected chi connectivity index (χ0v) is 13.8. The average Bonchev–Trinajstić information content (AvgIpc) is 2.55. The lowest BCUT2D eigenvalue weighted by Crippen LogP contribution is -2.54. The molecule has 1 unspecified atom stereocenters. The van der Waals surface area contributed by atoms with E-state index in [9.17, 15) is 14.4 Å². The van der Waals surface area contributed by atoms with Gasteiger partial charge in [0.15, 0.2) is 6.61 Å². The number of nitrogens with zero attached hydrogens (tertiary/aromatic N) is 1. The van der Waals surface area contributed by atoms with E-state index in [2.05, 4.69) is 16.2 Å². The van der Waals surface area contributed by atoms with Crippen molar-refractivity contribution in [1.82, 2.24) is 16.2 Å². The molecule has 1 aromatic carbocycles. The van der Waals surface area contributed by atoms with Crippen LogP contribution in [0.4, 0.5) is 0 Å². The number of carbonyl (C=O) groups excluding carboxylic acids is 3. The van der Waals surface area contributed by atoms with Gasteiger partial charge in [0, 0.05) is 6.92 Å². The Balaban J connectivity index is 2.49. The summed E-state index contributed by atoms with van der Waals surface area (Å²) in [6.45, 7) is 4.47. The monoisotopic (exact) mass is 332 g/mol. The average molecular weight is 332 g/mol. The number of nitriles is 1. The van der Waals surface area contributed by atoms with Gasteiger partial charge in [-0.2, -0.15) is 5.26 Å². The molecule has 3 N–H and O–H groups in total. The minimum absolute atomic E-state index is 0.149. The van der Waals surface area contributed by atoms with Crippen molar-refractivity contribution in [2.45, 2.75) is 26.8 Å². The van der Waals surface area contributed by atoms with Crippen molar-refractivity contribution in [3.63, 3.8) is 0 Å². The molecule has 0 aromatic heterocycles. The van der Waals surface area contributed by atoms with Crippen molar-refractivity contribution in [3.05, 3.63) is 29.8 Å². The van der Waals surface area contributed by atoms with Crippen molar-refractivity contribution in [1.29, 1.82) is 5.26 Å². The van der Waals surface area contributed by atoms with Crippen molar-refractivity contribution in [3.8, 4) is 11.8 Å². The van der Waals surface area contributed by atoms with E-state index < -0.39 is 17.9 Å². The van der Waals surface area contributed by atoms with E-state index in [1.807, 2.05) is 6.07 Å². The fourth-order valence-electron chi connectivity index (χ4n) is 1.83. The van der Waals surface area contributed by atoms with Crippen LogP contribution in [0.15, 0.2) is 24.3 Å². The first kappa shape index (κ1) is 19.0. The first-order chi connectivity index (χ1) is 11.3. The lowest BCUT2D eigenvalue weighted by molar-refractivity contribution is -0.133. The lowest BCUT2D eigenvalue weighted by atomic mass is 10.0. The van der Waals surface area contributed by atoms with Crippen LogP contribution in [0.5, 0.6) is 5.75 Å². The highest BCUT2D eigenvalue weighted by molar-refractivity contribution is 5.89. The summed E-state index contributed by atoms with van der Waals surface area (Å²) in [6.07, 6.45) is 0. The number of carbonyl (C=O) groups is 3. The first-order valence-electron chi connectivity index (χ1n) is 7.33. The minimum atomic E-state index is -0.761. The van der Waals surface area contributed by atoms with Crippen LogP contribution in [0.3, 0.4) is 0 Å². The van der Waals surface area contributed by atoms with Crippen LogP contribution in [0.2, 0.25) is 0 Å². The fourth-order valence-corrected chi connectivity index (χ4v) is 1.83. The van der Waals surface area contributed by atoms with Crippen LogP contribution in [0.25, 0.3) is 0 Å². The lowest BCUT2D eigenvalue weighted by Gasteiger charge is -2.21. The zero-order chi connectivity index (χ0) is 18.1. The molecule has 3 amide bonds. The van der Waals surface area contributed by atoms with Crippen molar-refractivity contribution in [2.24, 2.45) is 5.92 Å². The molecular formula is C16H20N4O4. The highest BCUT2D eigenvalue weighted by Crippen LogP contribution is 2.15. The number of rotatable bonds is 6. The molecule has 128 valence electrons. The SMILES string of the molecule is CC(=O)NC(C(=O)NNC(=O)COc1ccccc1C#N)C(C)C. The zero-order valence-electron chi connectivity index (χ0n) is 13.8. The molecule has 1 rings (SSSR count). The molecule has 0 saturated heterocycles. The van der Waals surface area contributed by atoms with E-state index >= 15 is 0 Å². The maximum absolute atomic E-state index is 12.0. The van der Waals surface area contributed by atoms with Crippen LogP contribution in [-0.2, 0) is 14.4 Å². The van der Waals surface area contributed by atoms with Crippen LogP contribution in [0, 0.1) is 17.2 Å². The molecule has 0 aliphatic rings.